The minimum Gasteiger partial charge on any atom is -0.341 e. The highest BCUT2D eigenvalue weighted by molar-refractivity contribution is 7.07. The molecule has 4 rings (SSSR count). The van der Waals surface area contributed by atoms with E-state index in [-0.39, 0.29) is 0 Å². The Bertz CT molecular complexity index is 948. The van der Waals surface area contributed by atoms with Crippen molar-refractivity contribution in [3.8, 4) is 11.3 Å². The van der Waals surface area contributed by atoms with E-state index in [1.54, 1.807) is 11.3 Å². The topological polar surface area (TPSA) is 32.9 Å². The molecule has 1 aliphatic heterocycles. The molecule has 1 aliphatic rings. The van der Waals surface area contributed by atoms with E-state index in [2.05, 4.69) is 46.2 Å². The first-order chi connectivity index (χ1) is 12.8. The maximum absolute atomic E-state index is 4.94. The van der Waals surface area contributed by atoms with Crippen LogP contribution in [0, 0.1) is 0 Å². The first-order valence-corrected chi connectivity index (χ1v) is 9.82. The highest BCUT2D eigenvalue weighted by Gasteiger charge is 2.16. The SMILES string of the molecule is Cn1c(-c2ccccc2)cs/c1=N/C(=N/c1ccccc1)N1CCCC1. The highest BCUT2D eigenvalue weighted by Crippen LogP contribution is 2.19. The van der Waals surface area contributed by atoms with Crippen molar-refractivity contribution in [3.63, 3.8) is 0 Å². The van der Waals surface area contributed by atoms with Crippen LogP contribution in [0.5, 0.6) is 0 Å². The Labute approximate surface area is 157 Å². The minimum absolute atomic E-state index is 0.811. The molecule has 0 bridgehead atoms. The number of aromatic nitrogens is 1. The summed E-state index contributed by atoms with van der Waals surface area (Å²) in [6.07, 6.45) is 2.41. The number of nitrogens with zero attached hydrogens (tertiary/aromatic N) is 4. The van der Waals surface area contributed by atoms with E-state index in [0.29, 0.717) is 0 Å². The van der Waals surface area contributed by atoms with Crippen molar-refractivity contribution in [2.75, 3.05) is 13.1 Å². The van der Waals surface area contributed by atoms with Crippen LogP contribution in [-0.2, 0) is 7.05 Å². The monoisotopic (exact) mass is 362 g/mol. The van der Waals surface area contributed by atoms with Crippen molar-refractivity contribution in [1.82, 2.24) is 9.47 Å². The molecule has 0 unspecified atom stereocenters. The number of aliphatic imine (C=N–C) groups is 1. The smallest absolute Gasteiger partial charge is 0.228 e. The Morgan fingerprint density at radius 2 is 1.58 bits per heavy atom. The molecule has 0 aliphatic carbocycles. The van der Waals surface area contributed by atoms with Crippen molar-refractivity contribution < 1.29 is 0 Å². The molecule has 1 fully saturated rings. The fourth-order valence-corrected chi connectivity index (χ4v) is 4.03. The van der Waals surface area contributed by atoms with Crippen LogP contribution in [-0.4, -0.2) is 28.5 Å². The second-order valence-electron chi connectivity index (χ2n) is 6.38. The summed E-state index contributed by atoms with van der Waals surface area (Å²) in [7, 11) is 2.07. The Morgan fingerprint density at radius 3 is 2.27 bits per heavy atom. The molecule has 4 nitrogen and oxygen atoms in total. The number of benzene rings is 2. The standard InChI is InChI=1S/C21H22N4S/c1-24-19(17-10-4-2-5-11-17)16-26-21(24)23-20(25-14-8-9-15-25)22-18-12-6-3-7-13-18/h2-7,10-13,16H,8-9,14-15H2,1H3/b22-20-,23-21+. The zero-order valence-electron chi connectivity index (χ0n) is 14.9. The summed E-state index contributed by atoms with van der Waals surface area (Å²) in [5, 5.41) is 2.16. The quantitative estimate of drug-likeness (QED) is 0.490. The van der Waals surface area contributed by atoms with E-state index in [0.717, 1.165) is 29.5 Å². The molecule has 0 N–H and O–H groups in total. The molecule has 0 spiro atoms. The van der Waals surface area contributed by atoms with Gasteiger partial charge >= 0.3 is 0 Å². The molecule has 3 aromatic rings. The van der Waals surface area contributed by atoms with Crippen molar-refractivity contribution in [2.45, 2.75) is 12.8 Å². The number of rotatable bonds is 2. The summed E-state index contributed by atoms with van der Waals surface area (Å²) in [5.41, 5.74) is 3.32. The molecule has 5 heteroatoms. The van der Waals surface area contributed by atoms with E-state index in [4.69, 9.17) is 9.98 Å². The molecule has 0 radical (unpaired) electrons. The fourth-order valence-electron chi connectivity index (χ4n) is 3.13. The van der Waals surface area contributed by atoms with Gasteiger partial charge in [-0.25, -0.2) is 4.99 Å². The van der Waals surface area contributed by atoms with Crippen LogP contribution in [0.1, 0.15) is 12.8 Å². The lowest BCUT2D eigenvalue weighted by Gasteiger charge is -2.16. The molecular formula is C21H22N4S. The molecular weight excluding hydrogens is 340 g/mol. The lowest BCUT2D eigenvalue weighted by Crippen LogP contribution is -2.28. The maximum Gasteiger partial charge on any atom is 0.228 e. The van der Waals surface area contributed by atoms with Gasteiger partial charge in [-0.15, -0.1) is 11.3 Å². The molecule has 2 heterocycles. The van der Waals surface area contributed by atoms with Gasteiger partial charge in [0.2, 0.25) is 5.96 Å². The molecule has 0 saturated carbocycles. The van der Waals surface area contributed by atoms with Gasteiger partial charge in [-0.2, -0.15) is 4.99 Å². The van der Waals surface area contributed by atoms with Crippen LogP contribution in [0.3, 0.4) is 0 Å². The summed E-state index contributed by atoms with van der Waals surface area (Å²) < 4.78 is 2.15. The van der Waals surface area contributed by atoms with Crippen molar-refractivity contribution in [2.24, 2.45) is 17.0 Å². The number of hydrogen-bond donors (Lipinski definition) is 0. The first-order valence-electron chi connectivity index (χ1n) is 8.94. The summed E-state index contributed by atoms with van der Waals surface area (Å²) in [5.74, 6) is 0.811. The Hall–Kier alpha value is -2.66. The van der Waals surface area contributed by atoms with Gasteiger partial charge in [-0.1, -0.05) is 48.5 Å². The summed E-state index contributed by atoms with van der Waals surface area (Å²) in [6, 6.07) is 20.5. The van der Waals surface area contributed by atoms with Gasteiger partial charge in [0, 0.05) is 25.5 Å². The highest BCUT2D eigenvalue weighted by atomic mass is 32.1. The van der Waals surface area contributed by atoms with Gasteiger partial charge in [0.15, 0.2) is 4.80 Å². The Balaban J connectivity index is 1.76. The number of para-hydroxylation sites is 1. The van der Waals surface area contributed by atoms with Gasteiger partial charge in [0.1, 0.15) is 0 Å². The molecule has 0 amide bonds. The zero-order chi connectivity index (χ0) is 17.8. The van der Waals surface area contributed by atoms with Gasteiger partial charge in [-0.05, 0) is 30.5 Å². The molecule has 0 atom stereocenters. The fraction of sp³-hybridized carbons (Fsp3) is 0.238. The Kier molecular flexibility index (Phi) is 4.97. The van der Waals surface area contributed by atoms with E-state index in [1.807, 2.05) is 36.4 Å². The number of guanidine groups is 1. The lowest BCUT2D eigenvalue weighted by atomic mass is 10.2. The van der Waals surface area contributed by atoms with E-state index in [1.165, 1.54) is 24.1 Å². The normalized spacial score (nSPS) is 15.7. The predicted molar refractivity (Wildman–Crippen MR) is 109 cm³/mol. The van der Waals surface area contributed by atoms with Gasteiger partial charge in [-0.3, -0.25) is 0 Å². The summed E-state index contributed by atoms with van der Waals surface area (Å²) in [4.78, 5) is 13.0. The predicted octanol–water partition coefficient (Wildman–Crippen LogP) is 4.44. The largest absolute Gasteiger partial charge is 0.341 e. The van der Waals surface area contributed by atoms with Crippen molar-refractivity contribution >= 4 is 23.0 Å². The third-order valence-corrected chi connectivity index (χ3v) is 5.48. The van der Waals surface area contributed by atoms with Crippen molar-refractivity contribution in [1.29, 1.82) is 0 Å². The summed E-state index contributed by atoms with van der Waals surface area (Å²) >= 11 is 1.66. The van der Waals surface area contributed by atoms with Crippen LogP contribution in [0.25, 0.3) is 11.3 Å². The molecule has 132 valence electrons. The lowest BCUT2D eigenvalue weighted by molar-refractivity contribution is 0.512. The average Bonchev–Trinajstić information content (AvgIpc) is 3.34. The van der Waals surface area contributed by atoms with Crippen LogP contribution >= 0.6 is 11.3 Å². The average molecular weight is 363 g/mol. The first kappa shape index (κ1) is 16.8. The molecule has 1 aromatic heterocycles. The van der Waals surface area contributed by atoms with Crippen LogP contribution in [0.15, 0.2) is 76.0 Å². The van der Waals surface area contributed by atoms with Crippen molar-refractivity contribution in [3.05, 3.63) is 70.8 Å². The second-order valence-corrected chi connectivity index (χ2v) is 7.22. The van der Waals surface area contributed by atoms with E-state index in [9.17, 15) is 0 Å². The maximum atomic E-state index is 4.94. The minimum atomic E-state index is 0.811. The number of thiazole rings is 1. The third kappa shape index (κ3) is 3.63. The van der Waals surface area contributed by atoms with Crippen LogP contribution in [0.2, 0.25) is 0 Å². The van der Waals surface area contributed by atoms with E-state index < -0.39 is 0 Å². The van der Waals surface area contributed by atoms with Gasteiger partial charge in [0.05, 0.1) is 11.4 Å². The number of likely N-dealkylation sites (tertiary alicyclic amines) is 1. The Morgan fingerprint density at radius 1 is 0.923 bits per heavy atom. The number of hydrogen-bond acceptors (Lipinski definition) is 2. The van der Waals surface area contributed by atoms with Crippen LogP contribution in [0.4, 0.5) is 5.69 Å². The van der Waals surface area contributed by atoms with Crippen LogP contribution < -0.4 is 4.80 Å². The molecule has 26 heavy (non-hydrogen) atoms. The van der Waals surface area contributed by atoms with E-state index >= 15 is 0 Å². The second kappa shape index (κ2) is 7.70. The van der Waals surface area contributed by atoms with Gasteiger partial charge in [0.25, 0.3) is 0 Å². The zero-order valence-corrected chi connectivity index (χ0v) is 15.7. The summed E-state index contributed by atoms with van der Waals surface area (Å²) in [6.45, 7) is 2.05. The van der Waals surface area contributed by atoms with Gasteiger partial charge < -0.3 is 9.47 Å². The molecule has 2 aromatic carbocycles. The third-order valence-electron chi connectivity index (χ3n) is 4.56. The molecule has 1 saturated heterocycles.